The SMILES string of the molecule is Cc1ccc(I)cc1NC(=O)CNCC(F)(F)F. The zero-order valence-corrected chi connectivity index (χ0v) is 11.7. The molecule has 1 amide bonds. The van der Waals surface area contributed by atoms with E-state index in [1.165, 1.54) is 0 Å². The van der Waals surface area contributed by atoms with Crippen LogP contribution in [0.15, 0.2) is 18.2 Å². The molecule has 0 aliphatic rings. The van der Waals surface area contributed by atoms with Crippen LogP contribution in [0.3, 0.4) is 0 Å². The van der Waals surface area contributed by atoms with Gasteiger partial charge in [0, 0.05) is 9.26 Å². The second-order valence-corrected chi connectivity index (χ2v) is 4.97. The second-order valence-electron chi connectivity index (χ2n) is 3.73. The highest BCUT2D eigenvalue weighted by Crippen LogP contribution is 2.18. The molecule has 0 fully saturated rings. The third-order valence-electron chi connectivity index (χ3n) is 2.08. The molecule has 0 saturated heterocycles. The van der Waals surface area contributed by atoms with E-state index in [2.05, 4.69) is 27.9 Å². The van der Waals surface area contributed by atoms with Gasteiger partial charge in [0.2, 0.25) is 5.91 Å². The van der Waals surface area contributed by atoms with E-state index < -0.39 is 18.6 Å². The zero-order valence-electron chi connectivity index (χ0n) is 9.57. The van der Waals surface area contributed by atoms with E-state index in [0.29, 0.717) is 5.69 Å². The number of hydrogen-bond acceptors (Lipinski definition) is 2. The van der Waals surface area contributed by atoms with Gasteiger partial charge in [-0.1, -0.05) is 6.07 Å². The number of halogens is 4. The minimum atomic E-state index is -4.31. The Bertz CT molecular complexity index is 435. The first-order valence-electron chi connectivity index (χ1n) is 5.11. The molecule has 0 atom stereocenters. The average molecular weight is 372 g/mol. The maximum absolute atomic E-state index is 11.9. The molecular formula is C11H12F3IN2O. The number of benzene rings is 1. The van der Waals surface area contributed by atoms with Crippen molar-refractivity contribution in [1.82, 2.24) is 5.32 Å². The Hall–Kier alpha value is -0.830. The van der Waals surface area contributed by atoms with Crippen LogP contribution in [-0.4, -0.2) is 25.2 Å². The van der Waals surface area contributed by atoms with Gasteiger partial charge in [0.05, 0.1) is 13.1 Å². The third kappa shape index (κ3) is 5.67. The van der Waals surface area contributed by atoms with Gasteiger partial charge in [-0.3, -0.25) is 4.79 Å². The fourth-order valence-corrected chi connectivity index (χ4v) is 1.73. The third-order valence-corrected chi connectivity index (χ3v) is 2.76. The Kier molecular flexibility index (Phi) is 5.39. The Morgan fingerprint density at radius 3 is 2.67 bits per heavy atom. The van der Waals surface area contributed by atoms with Crippen LogP contribution in [0, 0.1) is 10.5 Å². The number of anilines is 1. The summed E-state index contributed by atoms with van der Waals surface area (Å²) < 4.78 is 36.5. The lowest BCUT2D eigenvalue weighted by atomic mass is 10.2. The van der Waals surface area contributed by atoms with E-state index in [0.717, 1.165) is 9.13 Å². The van der Waals surface area contributed by atoms with Gasteiger partial charge in [-0.15, -0.1) is 0 Å². The first-order valence-corrected chi connectivity index (χ1v) is 6.19. The van der Waals surface area contributed by atoms with Crippen LogP contribution in [0.2, 0.25) is 0 Å². The number of rotatable bonds is 4. The molecule has 3 nitrogen and oxygen atoms in total. The van der Waals surface area contributed by atoms with E-state index in [1.807, 2.05) is 24.4 Å². The standard InChI is InChI=1S/C11H12F3IN2O/c1-7-2-3-8(15)4-9(7)17-10(18)5-16-6-11(12,13)14/h2-4,16H,5-6H2,1H3,(H,17,18). The number of carbonyl (C=O) groups is 1. The van der Waals surface area contributed by atoms with Gasteiger partial charge in [-0.2, -0.15) is 13.2 Å². The normalized spacial score (nSPS) is 11.4. The summed E-state index contributed by atoms with van der Waals surface area (Å²) in [5.74, 6) is -0.496. The van der Waals surface area contributed by atoms with Gasteiger partial charge in [0.25, 0.3) is 0 Å². The predicted octanol–water partition coefficient (Wildman–Crippen LogP) is 2.69. The maximum atomic E-state index is 11.9. The Morgan fingerprint density at radius 2 is 2.06 bits per heavy atom. The van der Waals surface area contributed by atoms with Gasteiger partial charge in [-0.05, 0) is 47.2 Å². The maximum Gasteiger partial charge on any atom is 0.401 e. The number of alkyl halides is 3. The van der Waals surface area contributed by atoms with Crippen molar-refractivity contribution in [1.29, 1.82) is 0 Å². The van der Waals surface area contributed by atoms with Crippen molar-refractivity contribution in [3.8, 4) is 0 Å². The van der Waals surface area contributed by atoms with E-state index in [4.69, 9.17) is 0 Å². The van der Waals surface area contributed by atoms with Crippen molar-refractivity contribution in [3.05, 3.63) is 27.3 Å². The zero-order chi connectivity index (χ0) is 13.8. The van der Waals surface area contributed by atoms with Gasteiger partial charge < -0.3 is 10.6 Å². The van der Waals surface area contributed by atoms with E-state index in [9.17, 15) is 18.0 Å². The predicted molar refractivity (Wildman–Crippen MR) is 71.5 cm³/mol. The van der Waals surface area contributed by atoms with E-state index in [1.54, 1.807) is 6.07 Å². The fourth-order valence-electron chi connectivity index (χ4n) is 1.24. The molecule has 2 N–H and O–H groups in total. The molecule has 1 aromatic carbocycles. The molecule has 0 unspecified atom stereocenters. The Morgan fingerprint density at radius 1 is 1.39 bits per heavy atom. The Balaban J connectivity index is 2.47. The summed E-state index contributed by atoms with van der Waals surface area (Å²) in [6, 6.07) is 5.48. The number of nitrogens with one attached hydrogen (secondary N) is 2. The van der Waals surface area contributed by atoms with E-state index >= 15 is 0 Å². The van der Waals surface area contributed by atoms with Crippen LogP contribution < -0.4 is 10.6 Å². The first-order chi connectivity index (χ1) is 8.28. The highest BCUT2D eigenvalue weighted by Gasteiger charge is 2.26. The largest absolute Gasteiger partial charge is 0.401 e. The first kappa shape index (κ1) is 15.2. The smallest absolute Gasteiger partial charge is 0.325 e. The lowest BCUT2D eigenvalue weighted by Crippen LogP contribution is -2.35. The molecule has 7 heteroatoms. The van der Waals surface area contributed by atoms with Crippen LogP contribution in [0.5, 0.6) is 0 Å². The van der Waals surface area contributed by atoms with Crippen LogP contribution in [0.1, 0.15) is 5.56 Å². The molecule has 1 rings (SSSR count). The molecule has 18 heavy (non-hydrogen) atoms. The number of carbonyl (C=O) groups excluding carboxylic acids is 1. The molecule has 0 radical (unpaired) electrons. The molecule has 100 valence electrons. The van der Waals surface area contributed by atoms with E-state index in [-0.39, 0.29) is 6.54 Å². The summed E-state index contributed by atoms with van der Waals surface area (Å²) in [6.07, 6.45) is -4.31. The highest BCUT2D eigenvalue weighted by atomic mass is 127. The van der Waals surface area contributed by atoms with Crippen molar-refractivity contribution in [3.63, 3.8) is 0 Å². The molecule has 1 aromatic rings. The summed E-state index contributed by atoms with van der Waals surface area (Å²) >= 11 is 2.09. The summed E-state index contributed by atoms with van der Waals surface area (Å²) in [6.45, 7) is 0.269. The molecule has 0 saturated carbocycles. The van der Waals surface area contributed by atoms with Gasteiger partial charge >= 0.3 is 6.18 Å². The molecule has 0 aliphatic heterocycles. The molecule has 0 bridgehead atoms. The van der Waals surface area contributed by atoms with Crippen LogP contribution >= 0.6 is 22.6 Å². The minimum absolute atomic E-state index is 0.371. The fraction of sp³-hybridized carbons (Fsp3) is 0.364. The number of hydrogen-bond donors (Lipinski definition) is 2. The summed E-state index contributed by atoms with van der Waals surface area (Å²) in [4.78, 5) is 11.4. The average Bonchev–Trinajstić information content (AvgIpc) is 2.21. The van der Waals surface area contributed by atoms with Gasteiger partial charge in [0.1, 0.15) is 0 Å². The van der Waals surface area contributed by atoms with Crippen molar-refractivity contribution in [2.24, 2.45) is 0 Å². The van der Waals surface area contributed by atoms with Crippen LogP contribution in [0.25, 0.3) is 0 Å². The molecule has 0 aliphatic carbocycles. The number of aryl methyl sites for hydroxylation is 1. The lowest BCUT2D eigenvalue weighted by Gasteiger charge is -2.10. The molecule has 0 aromatic heterocycles. The van der Waals surface area contributed by atoms with Crippen molar-refractivity contribution in [2.45, 2.75) is 13.1 Å². The topological polar surface area (TPSA) is 41.1 Å². The van der Waals surface area contributed by atoms with Crippen molar-refractivity contribution >= 4 is 34.2 Å². The quantitative estimate of drug-likeness (QED) is 0.799. The lowest BCUT2D eigenvalue weighted by molar-refractivity contribution is -0.126. The summed E-state index contributed by atoms with van der Waals surface area (Å²) in [7, 11) is 0. The Labute approximate surface area is 116 Å². The summed E-state index contributed by atoms with van der Waals surface area (Å²) in [5.41, 5.74) is 1.47. The number of amides is 1. The monoisotopic (exact) mass is 372 g/mol. The molecule has 0 spiro atoms. The van der Waals surface area contributed by atoms with Crippen LogP contribution in [-0.2, 0) is 4.79 Å². The van der Waals surface area contributed by atoms with Crippen molar-refractivity contribution in [2.75, 3.05) is 18.4 Å². The second kappa shape index (κ2) is 6.37. The minimum Gasteiger partial charge on any atom is -0.325 e. The van der Waals surface area contributed by atoms with Crippen LogP contribution in [0.4, 0.5) is 18.9 Å². The highest BCUT2D eigenvalue weighted by molar-refractivity contribution is 14.1. The molecule has 0 heterocycles. The van der Waals surface area contributed by atoms with Gasteiger partial charge in [-0.25, -0.2) is 0 Å². The molecular weight excluding hydrogens is 360 g/mol. The summed E-state index contributed by atoms with van der Waals surface area (Å²) in [5, 5.41) is 4.60. The van der Waals surface area contributed by atoms with Crippen molar-refractivity contribution < 1.29 is 18.0 Å². The van der Waals surface area contributed by atoms with Gasteiger partial charge in [0.15, 0.2) is 0 Å².